The summed E-state index contributed by atoms with van der Waals surface area (Å²) in [5.41, 5.74) is 4.39. The largest absolute Gasteiger partial charge is 0.311 e. The van der Waals surface area contributed by atoms with Gasteiger partial charge in [0.25, 0.3) is 0 Å². The zero-order chi connectivity index (χ0) is 12.9. The second-order valence-electron chi connectivity index (χ2n) is 5.72. The number of aryl methyl sites for hydroxylation is 2. The summed E-state index contributed by atoms with van der Waals surface area (Å²) in [5.74, 6) is 0. The molecule has 0 spiro atoms. The van der Waals surface area contributed by atoms with Crippen LogP contribution in [-0.4, -0.2) is 18.6 Å². The molecular formula is C15H26N2. The fraction of sp³-hybridized carbons (Fsp3) is 0.600. The highest BCUT2D eigenvalue weighted by Gasteiger charge is 2.07. The molecule has 0 unspecified atom stereocenters. The summed E-state index contributed by atoms with van der Waals surface area (Å²) in [6, 6.07) is 6.48. The van der Waals surface area contributed by atoms with E-state index in [9.17, 15) is 0 Å². The molecule has 0 aliphatic heterocycles. The maximum absolute atomic E-state index is 3.49. The Balaban J connectivity index is 2.32. The van der Waals surface area contributed by atoms with Gasteiger partial charge in [0.1, 0.15) is 0 Å². The lowest BCUT2D eigenvalue weighted by molar-refractivity contribution is 0.421. The lowest BCUT2D eigenvalue weighted by atomic mass is 10.0. The minimum Gasteiger partial charge on any atom is -0.311 e. The van der Waals surface area contributed by atoms with Crippen LogP contribution in [0.25, 0.3) is 0 Å². The second kappa shape index (κ2) is 6.18. The molecular weight excluding hydrogens is 208 g/mol. The van der Waals surface area contributed by atoms with Gasteiger partial charge in [0, 0.05) is 25.2 Å². The van der Waals surface area contributed by atoms with Crippen molar-refractivity contribution in [2.45, 2.75) is 46.7 Å². The van der Waals surface area contributed by atoms with Crippen LogP contribution in [0.2, 0.25) is 0 Å². The Morgan fingerprint density at radius 1 is 1.00 bits per heavy atom. The monoisotopic (exact) mass is 234 g/mol. The quantitative estimate of drug-likeness (QED) is 0.766. The fourth-order valence-corrected chi connectivity index (χ4v) is 1.87. The van der Waals surface area contributed by atoms with Gasteiger partial charge in [-0.25, -0.2) is 0 Å². The minimum absolute atomic E-state index is 0.209. The molecule has 2 N–H and O–H groups in total. The van der Waals surface area contributed by atoms with Gasteiger partial charge in [-0.3, -0.25) is 0 Å². The van der Waals surface area contributed by atoms with Crippen LogP contribution >= 0.6 is 0 Å². The molecule has 1 aromatic rings. The molecule has 0 aliphatic rings. The molecule has 0 radical (unpaired) electrons. The fourth-order valence-electron chi connectivity index (χ4n) is 1.87. The van der Waals surface area contributed by atoms with Crippen LogP contribution in [-0.2, 0) is 6.54 Å². The van der Waals surface area contributed by atoms with E-state index in [1.165, 1.54) is 16.7 Å². The predicted octanol–water partition coefficient (Wildman–Crippen LogP) is 2.78. The topological polar surface area (TPSA) is 24.1 Å². The van der Waals surface area contributed by atoms with E-state index >= 15 is 0 Å². The van der Waals surface area contributed by atoms with Crippen molar-refractivity contribution in [3.63, 3.8) is 0 Å². The van der Waals surface area contributed by atoms with E-state index in [1.54, 1.807) is 0 Å². The number of nitrogens with one attached hydrogen (secondary N) is 2. The smallest absolute Gasteiger partial charge is 0.0211 e. The van der Waals surface area contributed by atoms with Crippen molar-refractivity contribution in [3.05, 3.63) is 34.9 Å². The number of hydrogen-bond acceptors (Lipinski definition) is 2. The van der Waals surface area contributed by atoms with Gasteiger partial charge in [-0.15, -0.1) is 0 Å². The standard InChI is InChI=1S/C15H26N2/c1-12-7-6-8-13(2)14(12)11-16-9-10-17-15(3,4)5/h6-8,16-17H,9-11H2,1-5H3. The SMILES string of the molecule is Cc1cccc(C)c1CNCCNC(C)(C)C. The zero-order valence-corrected chi connectivity index (χ0v) is 11.9. The predicted molar refractivity (Wildman–Crippen MR) is 75.4 cm³/mol. The lowest BCUT2D eigenvalue weighted by Gasteiger charge is -2.20. The van der Waals surface area contributed by atoms with Crippen LogP contribution in [0.4, 0.5) is 0 Å². The molecule has 0 aromatic heterocycles. The number of benzene rings is 1. The summed E-state index contributed by atoms with van der Waals surface area (Å²) in [5, 5.41) is 6.97. The molecule has 2 nitrogen and oxygen atoms in total. The molecule has 96 valence electrons. The highest BCUT2D eigenvalue weighted by Crippen LogP contribution is 2.12. The van der Waals surface area contributed by atoms with Crippen LogP contribution in [0.5, 0.6) is 0 Å². The molecule has 0 heterocycles. The Morgan fingerprint density at radius 2 is 1.59 bits per heavy atom. The van der Waals surface area contributed by atoms with E-state index in [2.05, 4.69) is 63.5 Å². The van der Waals surface area contributed by atoms with Gasteiger partial charge in [-0.1, -0.05) is 18.2 Å². The molecule has 0 fully saturated rings. The molecule has 0 aliphatic carbocycles. The third-order valence-corrected chi connectivity index (χ3v) is 2.90. The summed E-state index contributed by atoms with van der Waals surface area (Å²) >= 11 is 0. The molecule has 0 atom stereocenters. The van der Waals surface area contributed by atoms with Crippen molar-refractivity contribution in [1.82, 2.24) is 10.6 Å². The molecule has 0 amide bonds. The first-order chi connectivity index (χ1) is 7.90. The van der Waals surface area contributed by atoms with Crippen LogP contribution in [0, 0.1) is 13.8 Å². The lowest BCUT2D eigenvalue weighted by Crippen LogP contribution is -2.40. The van der Waals surface area contributed by atoms with Gasteiger partial charge in [0.05, 0.1) is 0 Å². The Hall–Kier alpha value is -0.860. The Morgan fingerprint density at radius 3 is 2.12 bits per heavy atom. The van der Waals surface area contributed by atoms with Crippen LogP contribution in [0.3, 0.4) is 0 Å². The van der Waals surface area contributed by atoms with Gasteiger partial charge >= 0.3 is 0 Å². The summed E-state index contributed by atoms with van der Waals surface area (Å²) < 4.78 is 0. The van der Waals surface area contributed by atoms with Crippen LogP contribution in [0.1, 0.15) is 37.5 Å². The highest BCUT2D eigenvalue weighted by atomic mass is 15.0. The van der Waals surface area contributed by atoms with E-state index in [0.717, 1.165) is 19.6 Å². The van der Waals surface area contributed by atoms with Gasteiger partial charge in [-0.2, -0.15) is 0 Å². The number of hydrogen-bond donors (Lipinski definition) is 2. The van der Waals surface area contributed by atoms with E-state index in [4.69, 9.17) is 0 Å². The molecule has 0 saturated heterocycles. The first kappa shape index (κ1) is 14.2. The first-order valence-electron chi connectivity index (χ1n) is 6.41. The summed E-state index contributed by atoms with van der Waals surface area (Å²) in [7, 11) is 0. The molecule has 1 rings (SSSR count). The van der Waals surface area contributed by atoms with E-state index in [-0.39, 0.29) is 5.54 Å². The maximum Gasteiger partial charge on any atom is 0.0211 e. The second-order valence-corrected chi connectivity index (χ2v) is 5.72. The van der Waals surface area contributed by atoms with Crippen molar-refractivity contribution >= 4 is 0 Å². The average Bonchev–Trinajstić information content (AvgIpc) is 2.20. The Labute approximate surface area is 106 Å². The maximum atomic E-state index is 3.49. The van der Waals surface area contributed by atoms with E-state index in [0.29, 0.717) is 0 Å². The van der Waals surface area contributed by atoms with Gasteiger partial charge < -0.3 is 10.6 Å². The third kappa shape index (κ3) is 5.33. The van der Waals surface area contributed by atoms with Crippen LogP contribution in [0.15, 0.2) is 18.2 Å². The molecule has 0 bridgehead atoms. The Kier molecular flexibility index (Phi) is 5.16. The summed E-state index contributed by atoms with van der Waals surface area (Å²) in [6.45, 7) is 13.9. The van der Waals surface area contributed by atoms with E-state index < -0.39 is 0 Å². The van der Waals surface area contributed by atoms with Crippen molar-refractivity contribution in [2.24, 2.45) is 0 Å². The van der Waals surface area contributed by atoms with Gasteiger partial charge in [-0.05, 0) is 51.3 Å². The molecule has 1 aromatic carbocycles. The number of rotatable bonds is 5. The first-order valence-corrected chi connectivity index (χ1v) is 6.41. The van der Waals surface area contributed by atoms with Crippen molar-refractivity contribution < 1.29 is 0 Å². The van der Waals surface area contributed by atoms with E-state index in [1.807, 2.05) is 0 Å². The molecule has 17 heavy (non-hydrogen) atoms. The van der Waals surface area contributed by atoms with Crippen molar-refractivity contribution in [2.75, 3.05) is 13.1 Å². The normalized spacial score (nSPS) is 11.8. The summed E-state index contributed by atoms with van der Waals surface area (Å²) in [4.78, 5) is 0. The van der Waals surface area contributed by atoms with Gasteiger partial charge in [0.2, 0.25) is 0 Å². The molecule has 2 heteroatoms. The third-order valence-electron chi connectivity index (χ3n) is 2.90. The zero-order valence-electron chi connectivity index (χ0n) is 11.9. The molecule has 0 saturated carbocycles. The minimum atomic E-state index is 0.209. The van der Waals surface area contributed by atoms with Crippen molar-refractivity contribution in [3.8, 4) is 0 Å². The highest BCUT2D eigenvalue weighted by molar-refractivity contribution is 5.33. The summed E-state index contributed by atoms with van der Waals surface area (Å²) in [6.07, 6.45) is 0. The van der Waals surface area contributed by atoms with Crippen LogP contribution < -0.4 is 10.6 Å². The van der Waals surface area contributed by atoms with Gasteiger partial charge in [0.15, 0.2) is 0 Å². The van der Waals surface area contributed by atoms with Crippen molar-refractivity contribution in [1.29, 1.82) is 0 Å². The Bertz CT molecular complexity index is 330. The average molecular weight is 234 g/mol.